The third-order valence-electron chi connectivity index (χ3n) is 2.25. The van der Waals surface area contributed by atoms with Crippen LogP contribution in [0.25, 0.3) is 0 Å². The highest BCUT2D eigenvalue weighted by Crippen LogP contribution is 2.17. The van der Waals surface area contributed by atoms with Gasteiger partial charge in [0, 0.05) is 7.05 Å². The molecule has 0 amide bonds. The van der Waals surface area contributed by atoms with Crippen LogP contribution in [0.5, 0.6) is 5.88 Å². The zero-order valence-electron chi connectivity index (χ0n) is 8.93. The van der Waals surface area contributed by atoms with Gasteiger partial charge in [-0.2, -0.15) is 0 Å². The summed E-state index contributed by atoms with van der Waals surface area (Å²) in [5, 5.41) is 7.76. The van der Waals surface area contributed by atoms with Crippen molar-refractivity contribution in [1.82, 2.24) is 15.0 Å². The first-order valence-corrected chi connectivity index (χ1v) is 5.46. The van der Waals surface area contributed by atoms with Gasteiger partial charge in [-0.15, -0.1) is 11.6 Å². The molecular formula is C11H12ClN3O. The van der Waals surface area contributed by atoms with Gasteiger partial charge >= 0.3 is 0 Å². The van der Waals surface area contributed by atoms with Crippen LogP contribution in [0, 0.1) is 0 Å². The number of hydrogen-bond donors (Lipinski definition) is 0. The Hall–Kier alpha value is -1.55. The average Bonchev–Trinajstić information content (AvgIpc) is 2.68. The molecule has 0 saturated carbocycles. The van der Waals surface area contributed by atoms with Gasteiger partial charge in [0.1, 0.15) is 12.3 Å². The van der Waals surface area contributed by atoms with Crippen molar-refractivity contribution in [3.8, 4) is 5.88 Å². The Labute approximate surface area is 98.8 Å². The van der Waals surface area contributed by atoms with Crippen molar-refractivity contribution in [2.75, 3.05) is 0 Å². The Kier molecular flexibility index (Phi) is 3.41. The van der Waals surface area contributed by atoms with Crippen molar-refractivity contribution in [2.45, 2.75) is 12.5 Å². The number of ether oxygens (including phenoxy) is 1. The lowest BCUT2D eigenvalue weighted by molar-refractivity contribution is 0.291. The topological polar surface area (TPSA) is 39.9 Å². The normalized spacial score (nSPS) is 10.4. The van der Waals surface area contributed by atoms with Crippen molar-refractivity contribution in [1.29, 1.82) is 0 Å². The van der Waals surface area contributed by atoms with E-state index in [0.717, 1.165) is 11.3 Å². The Balaban J connectivity index is 2.05. The molecule has 0 bridgehead atoms. The lowest BCUT2D eigenvalue weighted by Crippen LogP contribution is -1.99. The largest absolute Gasteiger partial charge is 0.470 e. The van der Waals surface area contributed by atoms with Crippen LogP contribution in [0.15, 0.2) is 30.3 Å². The first kappa shape index (κ1) is 11.0. The Bertz CT molecular complexity index is 456. The summed E-state index contributed by atoms with van der Waals surface area (Å²) in [4.78, 5) is 0. The predicted molar refractivity (Wildman–Crippen MR) is 61.3 cm³/mol. The minimum Gasteiger partial charge on any atom is -0.470 e. The summed E-state index contributed by atoms with van der Waals surface area (Å²) < 4.78 is 7.17. The summed E-state index contributed by atoms with van der Waals surface area (Å²) in [6.45, 7) is 0.476. The summed E-state index contributed by atoms with van der Waals surface area (Å²) in [6, 6.07) is 9.90. The molecule has 0 atom stereocenters. The van der Waals surface area contributed by atoms with Crippen LogP contribution in [0.2, 0.25) is 0 Å². The summed E-state index contributed by atoms with van der Waals surface area (Å²) >= 11 is 5.78. The van der Waals surface area contributed by atoms with Crippen molar-refractivity contribution >= 4 is 11.6 Å². The molecule has 4 nitrogen and oxygen atoms in total. The van der Waals surface area contributed by atoms with E-state index < -0.39 is 0 Å². The van der Waals surface area contributed by atoms with E-state index in [2.05, 4.69) is 10.3 Å². The Morgan fingerprint density at radius 2 is 2.06 bits per heavy atom. The van der Waals surface area contributed by atoms with Gasteiger partial charge in [-0.25, -0.2) is 4.68 Å². The summed E-state index contributed by atoms with van der Waals surface area (Å²) in [5.41, 5.74) is 1.88. The van der Waals surface area contributed by atoms with E-state index in [4.69, 9.17) is 16.3 Å². The fourth-order valence-electron chi connectivity index (χ4n) is 1.34. The van der Waals surface area contributed by atoms with E-state index in [9.17, 15) is 0 Å². The Morgan fingerprint density at radius 1 is 1.31 bits per heavy atom. The highest BCUT2D eigenvalue weighted by atomic mass is 35.5. The molecule has 1 aromatic heterocycles. The minimum atomic E-state index is 0.341. The number of alkyl halides is 1. The molecule has 0 aliphatic carbocycles. The molecule has 0 N–H and O–H groups in total. The van der Waals surface area contributed by atoms with Gasteiger partial charge in [0.25, 0.3) is 5.88 Å². The van der Waals surface area contributed by atoms with Crippen molar-refractivity contribution in [3.05, 3.63) is 41.6 Å². The fraction of sp³-hybridized carbons (Fsp3) is 0.273. The first-order valence-electron chi connectivity index (χ1n) is 4.92. The van der Waals surface area contributed by atoms with Crippen LogP contribution >= 0.6 is 11.6 Å². The smallest absolute Gasteiger partial charge is 0.258 e. The molecule has 5 heteroatoms. The second-order valence-electron chi connectivity index (χ2n) is 3.37. The van der Waals surface area contributed by atoms with Gasteiger partial charge in [-0.1, -0.05) is 40.6 Å². The maximum atomic E-state index is 5.78. The van der Waals surface area contributed by atoms with Crippen molar-refractivity contribution in [3.63, 3.8) is 0 Å². The highest BCUT2D eigenvalue weighted by molar-refractivity contribution is 6.17. The van der Waals surface area contributed by atoms with Gasteiger partial charge in [0.15, 0.2) is 0 Å². The lowest BCUT2D eigenvalue weighted by Gasteiger charge is -2.04. The monoisotopic (exact) mass is 237 g/mol. The summed E-state index contributed by atoms with van der Waals surface area (Å²) in [7, 11) is 1.79. The number of rotatable bonds is 4. The van der Waals surface area contributed by atoms with Crippen LogP contribution in [0.1, 0.15) is 11.3 Å². The number of aromatic nitrogens is 3. The van der Waals surface area contributed by atoms with E-state index in [1.807, 2.05) is 30.3 Å². The number of benzene rings is 1. The average molecular weight is 238 g/mol. The third kappa shape index (κ3) is 2.33. The Morgan fingerprint density at radius 3 is 2.75 bits per heavy atom. The van der Waals surface area contributed by atoms with Crippen LogP contribution in [-0.2, 0) is 19.5 Å². The zero-order valence-corrected chi connectivity index (χ0v) is 9.68. The van der Waals surface area contributed by atoms with Gasteiger partial charge < -0.3 is 4.74 Å². The molecule has 0 saturated heterocycles. The highest BCUT2D eigenvalue weighted by Gasteiger charge is 2.10. The second kappa shape index (κ2) is 4.99. The standard InChI is InChI=1S/C11H12ClN3O/c1-15-10(7-12)11(13-14-15)16-8-9-5-3-2-4-6-9/h2-6H,7-8H2,1H3. The van der Waals surface area contributed by atoms with E-state index in [1.165, 1.54) is 0 Å². The van der Waals surface area contributed by atoms with Crippen LogP contribution in [0.4, 0.5) is 0 Å². The van der Waals surface area contributed by atoms with E-state index in [0.29, 0.717) is 18.4 Å². The quantitative estimate of drug-likeness (QED) is 0.765. The van der Waals surface area contributed by atoms with Crippen LogP contribution in [-0.4, -0.2) is 15.0 Å². The predicted octanol–water partition coefficient (Wildman–Crippen LogP) is 2.13. The molecule has 0 spiro atoms. The molecule has 2 rings (SSSR count). The van der Waals surface area contributed by atoms with E-state index >= 15 is 0 Å². The van der Waals surface area contributed by atoms with Gasteiger partial charge in [-0.3, -0.25) is 0 Å². The van der Waals surface area contributed by atoms with E-state index in [1.54, 1.807) is 11.7 Å². The van der Waals surface area contributed by atoms with E-state index in [-0.39, 0.29) is 0 Å². The summed E-state index contributed by atoms with van der Waals surface area (Å²) in [5.74, 6) is 0.842. The van der Waals surface area contributed by atoms with Gasteiger partial charge in [-0.05, 0) is 5.56 Å². The van der Waals surface area contributed by atoms with Crippen LogP contribution in [0.3, 0.4) is 0 Å². The molecule has 1 aromatic carbocycles. The number of hydrogen-bond acceptors (Lipinski definition) is 3. The molecule has 0 aliphatic heterocycles. The second-order valence-corrected chi connectivity index (χ2v) is 3.64. The summed E-state index contributed by atoms with van der Waals surface area (Å²) in [6.07, 6.45) is 0. The van der Waals surface area contributed by atoms with Crippen molar-refractivity contribution < 1.29 is 4.74 Å². The maximum Gasteiger partial charge on any atom is 0.258 e. The molecule has 0 unspecified atom stereocenters. The third-order valence-corrected chi connectivity index (χ3v) is 2.51. The van der Waals surface area contributed by atoms with Gasteiger partial charge in [0.05, 0.1) is 5.88 Å². The molecule has 2 aromatic rings. The maximum absolute atomic E-state index is 5.78. The lowest BCUT2D eigenvalue weighted by atomic mass is 10.2. The molecular weight excluding hydrogens is 226 g/mol. The molecule has 0 radical (unpaired) electrons. The number of nitrogens with zero attached hydrogens (tertiary/aromatic N) is 3. The number of halogens is 1. The zero-order chi connectivity index (χ0) is 11.4. The first-order chi connectivity index (χ1) is 7.81. The molecule has 16 heavy (non-hydrogen) atoms. The molecule has 1 heterocycles. The fourth-order valence-corrected chi connectivity index (χ4v) is 1.63. The van der Waals surface area contributed by atoms with Gasteiger partial charge in [0.2, 0.25) is 0 Å². The van der Waals surface area contributed by atoms with Crippen molar-refractivity contribution in [2.24, 2.45) is 7.05 Å². The van der Waals surface area contributed by atoms with Crippen LogP contribution < -0.4 is 4.74 Å². The molecule has 0 fully saturated rings. The molecule has 84 valence electrons. The molecule has 0 aliphatic rings. The SMILES string of the molecule is Cn1nnc(OCc2ccccc2)c1CCl. The number of aryl methyl sites for hydroxylation is 1. The minimum absolute atomic E-state index is 0.341.